The van der Waals surface area contributed by atoms with E-state index in [1.165, 1.54) is 0 Å². The third-order valence-electron chi connectivity index (χ3n) is 1.63. The van der Waals surface area contributed by atoms with Crippen molar-refractivity contribution in [2.75, 3.05) is 6.61 Å². The van der Waals surface area contributed by atoms with E-state index in [0.717, 1.165) is 0 Å². The Labute approximate surface area is 70.6 Å². The van der Waals surface area contributed by atoms with Gasteiger partial charge in [-0.2, -0.15) is 4.98 Å². The monoisotopic (exact) mass is 166 g/mol. The normalized spacial score (nSPS) is 20.7. The quantitative estimate of drug-likeness (QED) is 0.575. The number of hydrogen-bond donors (Lipinski definition) is 0. The lowest BCUT2D eigenvalue weighted by Gasteiger charge is -2.22. The largest absolute Gasteiger partial charge is 0.480 e. The van der Waals surface area contributed by atoms with Crippen LogP contribution in [0.1, 0.15) is 12.7 Å². The minimum atomic E-state index is 0.0869. The number of nitrogens with zero attached hydrogens (tertiary/aromatic N) is 2. The van der Waals surface area contributed by atoms with Gasteiger partial charge in [-0.1, -0.05) is 0 Å². The molecule has 4 heteroatoms. The van der Waals surface area contributed by atoms with Gasteiger partial charge in [0.2, 0.25) is 0 Å². The van der Waals surface area contributed by atoms with Crippen molar-refractivity contribution >= 4 is 0 Å². The lowest BCUT2D eigenvalue weighted by Crippen LogP contribution is -2.26. The highest BCUT2D eigenvalue weighted by atomic mass is 16.6. The summed E-state index contributed by atoms with van der Waals surface area (Å²) >= 11 is 0. The Balaban J connectivity index is 2.37. The number of fused-ring (bicyclic) bond motifs is 1. The number of aryl methyl sites for hydroxylation is 1. The van der Waals surface area contributed by atoms with E-state index in [-0.39, 0.29) is 6.10 Å². The van der Waals surface area contributed by atoms with Gasteiger partial charge in [0.05, 0.1) is 6.20 Å². The van der Waals surface area contributed by atoms with Crippen LogP contribution in [0.5, 0.6) is 11.6 Å². The maximum atomic E-state index is 5.44. The first-order valence-electron chi connectivity index (χ1n) is 3.89. The van der Waals surface area contributed by atoms with Crippen molar-refractivity contribution in [2.45, 2.75) is 20.0 Å². The Kier molecular flexibility index (Phi) is 1.60. The molecule has 12 heavy (non-hydrogen) atoms. The van der Waals surface area contributed by atoms with Gasteiger partial charge < -0.3 is 9.47 Å². The molecule has 1 aliphatic heterocycles. The van der Waals surface area contributed by atoms with Crippen LogP contribution >= 0.6 is 0 Å². The van der Waals surface area contributed by atoms with E-state index in [9.17, 15) is 0 Å². The highest BCUT2D eigenvalue weighted by Gasteiger charge is 2.18. The second kappa shape index (κ2) is 2.62. The summed E-state index contributed by atoms with van der Waals surface area (Å²) < 4.78 is 10.8. The number of rotatable bonds is 0. The van der Waals surface area contributed by atoms with Crippen molar-refractivity contribution in [1.82, 2.24) is 9.97 Å². The molecule has 1 aromatic heterocycles. The summed E-state index contributed by atoms with van der Waals surface area (Å²) in [5.41, 5.74) is 0. The van der Waals surface area contributed by atoms with Crippen molar-refractivity contribution in [3.63, 3.8) is 0 Å². The maximum Gasteiger partial charge on any atom is 0.260 e. The molecule has 0 spiro atoms. The van der Waals surface area contributed by atoms with E-state index in [4.69, 9.17) is 9.47 Å². The van der Waals surface area contributed by atoms with Gasteiger partial charge in [-0.05, 0) is 13.8 Å². The molecule has 0 unspecified atom stereocenters. The molecular weight excluding hydrogens is 156 g/mol. The molecule has 2 rings (SSSR count). The molecule has 1 aromatic rings. The van der Waals surface area contributed by atoms with Crippen molar-refractivity contribution in [3.8, 4) is 11.6 Å². The van der Waals surface area contributed by atoms with E-state index >= 15 is 0 Å². The topological polar surface area (TPSA) is 44.2 Å². The van der Waals surface area contributed by atoms with Crippen LogP contribution < -0.4 is 9.47 Å². The summed E-state index contributed by atoms with van der Waals surface area (Å²) in [4.78, 5) is 8.10. The second-order valence-corrected chi connectivity index (χ2v) is 2.83. The summed E-state index contributed by atoms with van der Waals surface area (Å²) in [6.07, 6.45) is 1.73. The van der Waals surface area contributed by atoms with E-state index in [1.54, 1.807) is 6.20 Å². The summed E-state index contributed by atoms with van der Waals surface area (Å²) in [5, 5.41) is 0. The fraction of sp³-hybridized carbons (Fsp3) is 0.500. The molecule has 4 nitrogen and oxygen atoms in total. The molecule has 2 heterocycles. The first-order valence-corrected chi connectivity index (χ1v) is 3.89. The molecule has 0 saturated carbocycles. The highest BCUT2D eigenvalue weighted by molar-refractivity contribution is 5.32. The van der Waals surface area contributed by atoms with Crippen molar-refractivity contribution < 1.29 is 9.47 Å². The molecule has 0 saturated heterocycles. The van der Waals surface area contributed by atoms with Gasteiger partial charge in [0.1, 0.15) is 18.5 Å². The SMILES string of the molecule is Cc1ncc2c(n1)OC[C@@H](C)O2. The molecule has 0 fully saturated rings. The summed E-state index contributed by atoms with van der Waals surface area (Å²) in [6, 6.07) is 0. The Hall–Kier alpha value is -1.32. The van der Waals surface area contributed by atoms with E-state index in [2.05, 4.69) is 9.97 Å². The fourth-order valence-electron chi connectivity index (χ4n) is 1.07. The number of aromatic nitrogens is 2. The minimum Gasteiger partial charge on any atom is -0.480 e. The molecule has 1 aliphatic rings. The smallest absolute Gasteiger partial charge is 0.260 e. The van der Waals surface area contributed by atoms with Gasteiger partial charge in [-0.15, -0.1) is 0 Å². The van der Waals surface area contributed by atoms with Crippen LogP contribution in [0, 0.1) is 6.92 Å². The van der Waals surface area contributed by atoms with Gasteiger partial charge >= 0.3 is 0 Å². The van der Waals surface area contributed by atoms with E-state index in [1.807, 2.05) is 13.8 Å². The molecular formula is C8H10N2O2. The Bertz CT molecular complexity index is 301. The van der Waals surface area contributed by atoms with Gasteiger partial charge in [0, 0.05) is 0 Å². The van der Waals surface area contributed by atoms with Crippen LogP contribution in [-0.2, 0) is 0 Å². The van der Waals surface area contributed by atoms with Gasteiger partial charge in [0.15, 0.2) is 5.75 Å². The molecule has 0 aromatic carbocycles. The summed E-state index contributed by atoms with van der Waals surface area (Å²) in [5.74, 6) is 1.90. The molecule has 1 atom stereocenters. The van der Waals surface area contributed by atoms with Crippen LogP contribution in [-0.4, -0.2) is 22.7 Å². The maximum absolute atomic E-state index is 5.44. The third-order valence-corrected chi connectivity index (χ3v) is 1.63. The molecule has 0 N–H and O–H groups in total. The second-order valence-electron chi connectivity index (χ2n) is 2.83. The summed E-state index contributed by atoms with van der Waals surface area (Å²) in [7, 11) is 0. The molecule has 0 bridgehead atoms. The lowest BCUT2D eigenvalue weighted by molar-refractivity contribution is 0.0977. The van der Waals surface area contributed by atoms with Gasteiger partial charge in [0.25, 0.3) is 5.88 Å². The van der Waals surface area contributed by atoms with Gasteiger partial charge in [-0.3, -0.25) is 0 Å². The first kappa shape index (κ1) is 7.34. The standard InChI is InChI=1S/C8H10N2O2/c1-5-4-11-8-7(12-5)3-9-6(2)10-8/h3,5H,4H2,1-2H3/t5-/m1/s1. The molecule has 0 radical (unpaired) electrons. The van der Waals surface area contributed by atoms with Crippen molar-refractivity contribution in [1.29, 1.82) is 0 Å². The van der Waals surface area contributed by atoms with Crippen LogP contribution in [0.4, 0.5) is 0 Å². The zero-order valence-electron chi connectivity index (χ0n) is 7.07. The van der Waals surface area contributed by atoms with Crippen molar-refractivity contribution in [3.05, 3.63) is 12.0 Å². The molecule has 0 amide bonds. The fourth-order valence-corrected chi connectivity index (χ4v) is 1.07. The third kappa shape index (κ3) is 1.20. The van der Waals surface area contributed by atoms with E-state index in [0.29, 0.717) is 24.1 Å². The van der Waals surface area contributed by atoms with Gasteiger partial charge in [-0.25, -0.2) is 4.98 Å². The zero-order chi connectivity index (χ0) is 8.55. The van der Waals surface area contributed by atoms with Crippen LogP contribution in [0.25, 0.3) is 0 Å². The van der Waals surface area contributed by atoms with Crippen molar-refractivity contribution in [2.24, 2.45) is 0 Å². The average Bonchev–Trinajstić information content (AvgIpc) is 2.05. The average molecular weight is 166 g/mol. The van der Waals surface area contributed by atoms with E-state index < -0.39 is 0 Å². The first-order chi connectivity index (χ1) is 5.75. The predicted octanol–water partition coefficient (Wildman–Crippen LogP) is 0.945. The predicted molar refractivity (Wildman–Crippen MR) is 42.4 cm³/mol. The Morgan fingerprint density at radius 1 is 1.58 bits per heavy atom. The van der Waals surface area contributed by atoms with Crippen LogP contribution in [0.15, 0.2) is 6.20 Å². The number of ether oxygens (including phenoxy) is 2. The number of hydrogen-bond acceptors (Lipinski definition) is 4. The lowest BCUT2D eigenvalue weighted by atomic mass is 10.4. The molecule has 64 valence electrons. The molecule has 0 aliphatic carbocycles. The summed E-state index contributed by atoms with van der Waals surface area (Å²) in [6.45, 7) is 4.33. The Morgan fingerprint density at radius 2 is 2.42 bits per heavy atom. The van der Waals surface area contributed by atoms with Crippen LogP contribution in [0.2, 0.25) is 0 Å². The highest BCUT2D eigenvalue weighted by Crippen LogP contribution is 2.27. The van der Waals surface area contributed by atoms with Crippen LogP contribution in [0.3, 0.4) is 0 Å². The Morgan fingerprint density at radius 3 is 3.25 bits per heavy atom. The minimum absolute atomic E-state index is 0.0869. The zero-order valence-corrected chi connectivity index (χ0v) is 7.07.